The van der Waals surface area contributed by atoms with Crippen molar-refractivity contribution in [3.8, 4) is 0 Å². The number of rotatable bonds is 8. The van der Waals surface area contributed by atoms with Gasteiger partial charge in [0.2, 0.25) is 0 Å². The molecule has 0 fully saturated rings. The van der Waals surface area contributed by atoms with Crippen molar-refractivity contribution in [3.63, 3.8) is 0 Å². The molecule has 0 saturated carbocycles. The standard InChI is InChI=1S/C9H19Cl.C6H14.H3N/c1-2-3-4-5-6-7-8-9-10;1-5(2)6(3)4;/h2-9H2,1H3;5-6H,1-4H3;1H3. The topological polar surface area (TPSA) is 35.0 Å². The van der Waals surface area contributed by atoms with Gasteiger partial charge in [0, 0.05) is 5.88 Å². The molecule has 1 nitrogen and oxygen atoms in total. The molecule has 0 amide bonds. The number of hydrogen-bond acceptors (Lipinski definition) is 1. The molecule has 0 rings (SSSR count). The predicted octanol–water partition coefficient (Wildman–Crippen LogP) is 6.44. The number of halogens is 1. The molecule has 2 heteroatoms. The highest BCUT2D eigenvalue weighted by molar-refractivity contribution is 6.17. The molecule has 0 aliphatic carbocycles. The largest absolute Gasteiger partial charge is 0.344 e. The number of alkyl halides is 1. The van der Waals surface area contributed by atoms with Gasteiger partial charge in [0.15, 0.2) is 0 Å². The Balaban J connectivity index is -0.000000244. The second kappa shape index (κ2) is 18.6. The first kappa shape index (κ1) is 22.4. The molecule has 17 heavy (non-hydrogen) atoms. The molecule has 0 unspecified atom stereocenters. The van der Waals surface area contributed by atoms with Crippen LogP contribution in [-0.2, 0) is 0 Å². The van der Waals surface area contributed by atoms with Crippen LogP contribution in [-0.4, -0.2) is 5.88 Å². The van der Waals surface area contributed by atoms with E-state index in [2.05, 4.69) is 34.6 Å². The molecule has 0 aliphatic rings. The van der Waals surface area contributed by atoms with E-state index < -0.39 is 0 Å². The van der Waals surface area contributed by atoms with Gasteiger partial charge in [0.25, 0.3) is 0 Å². The van der Waals surface area contributed by atoms with Crippen LogP contribution in [0.25, 0.3) is 0 Å². The summed E-state index contributed by atoms with van der Waals surface area (Å²) in [4.78, 5) is 0. The molecule has 0 spiro atoms. The van der Waals surface area contributed by atoms with Crippen molar-refractivity contribution in [2.75, 3.05) is 5.88 Å². The summed E-state index contributed by atoms with van der Waals surface area (Å²) in [5.74, 6) is 2.54. The van der Waals surface area contributed by atoms with Crippen molar-refractivity contribution in [1.29, 1.82) is 0 Å². The molecular formula is C15H36ClN. The molecule has 0 aromatic carbocycles. The Labute approximate surface area is 115 Å². The highest BCUT2D eigenvalue weighted by Crippen LogP contribution is 2.07. The van der Waals surface area contributed by atoms with E-state index in [1.54, 1.807) is 0 Å². The van der Waals surface area contributed by atoms with E-state index in [-0.39, 0.29) is 6.15 Å². The second-order valence-electron chi connectivity index (χ2n) is 5.30. The SMILES string of the molecule is CC(C)C(C)C.CCCCCCCCCCl.N. The Morgan fingerprint density at radius 2 is 1.06 bits per heavy atom. The van der Waals surface area contributed by atoms with Gasteiger partial charge in [0.1, 0.15) is 0 Å². The number of unbranched alkanes of at least 4 members (excludes halogenated alkanes) is 6. The van der Waals surface area contributed by atoms with Gasteiger partial charge in [-0.2, -0.15) is 0 Å². The van der Waals surface area contributed by atoms with Crippen LogP contribution in [0.2, 0.25) is 0 Å². The van der Waals surface area contributed by atoms with Crippen molar-refractivity contribution in [2.45, 2.75) is 79.6 Å². The maximum absolute atomic E-state index is 5.54. The highest BCUT2D eigenvalue weighted by atomic mass is 35.5. The van der Waals surface area contributed by atoms with E-state index >= 15 is 0 Å². The number of hydrogen-bond donors (Lipinski definition) is 1. The van der Waals surface area contributed by atoms with Crippen molar-refractivity contribution >= 4 is 11.6 Å². The summed E-state index contributed by atoms with van der Waals surface area (Å²) in [5, 5.41) is 0. The Hall–Kier alpha value is 0.250. The van der Waals surface area contributed by atoms with Gasteiger partial charge in [-0.25, -0.2) is 0 Å². The van der Waals surface area contributed by atoms with Crippen LogP contribution in [0.3, 0.4) is 0 Å². The molecule has 0 aliphatic heterocycles. The smallest absolute Gasteiger partial charge is 0.0223 e. The van der Waals surface area contributed by atoms with Crippen molar-refractivity contribution in [3.05, 3.63) is 0 Å². The van der Waals surface area contributed by atoms with Crippen molar-refractivity contribution in [1.82, 2.24) is 6.15 Å². The lowest BCUT2D eigenvalue weighted by Crippen LogP contribution is -1.95. The molecule has 0 saturated heterocycles. The zero-order valence-electron chi connectivity index (χ0n) is 12.9. The summed E-state index contributed by atoms with van der Waals surface area (Å²) in [6.07, 6.45) is 9.48. The molecule has 0 atom stereocenters. The summed E-state index contributed by atoms with van der Waals surface area (Å²) in [6, 6.07) is 0. The van der Waals surface area contributed by atoms with Crippen LogP contribution >= 0.6 is 11.6 Å². The zero-order chi connectivity index (χ0) is 12.8. The zero-order valence-corrected chi connectivity index (χ0v) is 13.7. The quantitative estimate of drug-likeness (QED) is 0.398. The molecule has 108 valence electrons. The lowest BCUT2D eigenvalue weighted by molar-refractivity contribution is 0.457. The second-order valence-corrected chi connectivity index (χ2v) is 5.68. The minimum Gasteiger partial charge on any atom is -0.344 e. The fraction of sp³-hybridized carbons (Fsp3) is 1.00. The predicted molar refractivity (Wildman–Crippen MR) is 83.4 cm³/mol. The van der Waals surface area contributed by atoms with Crippen LogP contribution in [0, 0.1) is 11.8 Å². The fourth-order valence-corrected chi connectivity index (χ4v) is 1.24. The van der Waals surface area contributed by atoms with E-state index in [4.69, 9.17) is 11.6 Å². The average Bonchev–Trinajstić information content (AvgIpc) is 2.24. The maximum Gasteiger partial charge on any atom is 0.0223 e. The van der Waals surface area contributed by atoms with E-state index in [1.807, 2.05) is 0 Å². The molecule has 0 aromatic rings. The summed E-state index contributed by atoms with van der Waals surface area (Å²) >= 11 is 5.54. The van der Waals surface area contributed by atoms with E-state index in [9.17, 15) is 0 Å². The molecule has 0 bridgehead atoms. The first-order valence-corrected chi connectivity index (χ1v) is 7.65. The van der Waals surface area contributed by atoms with Crippen LogP contribution in [0.5, 0.6) is 0 Å². The summed E-state index contributed by atoms with van der Waals surface area (Å²) in [7, 11) is 0. The first-order valence-electron chi connectivity index (χ1n) is 7.12. The molecule has 0 radical (unpaired) electrons. The monoisotopic (exact) mass is 265 g/mol. The van der Waals surface area contributed by atoms with Gasteiger partial charge >= 0.3 is 0 Å². The van der Waals surface area contributed by atoms with Crippen molar-refractivity contribution in [2.24, 2.45) is 11.8 Å². The van der Waals surface area contributed by atoms with E-state index in [0.717, 1.165) is 17.7 Å². The third-order valence-corrected chi connectivity index (χ3v) is 3.34. The third-order valence-electron chi connectivity index (χ3n) is 3.07. The van der Waals surface area contributed by atoms with Gasteiger partial charge in [-0.15, -0.1) is 11.6 Å². The van der Waals surface area contributed by atoms with Gasteiger partial charge < -0.3 is 6.15 Å². The molecule has 0 heterocycles. The van der Waals surface area contributed by atoms with E-state index in [1.165, 1.54) is 44.9 Å². The van der Waals surface area contributed by atoms with Gasteiger partial charge in [-0.05, 0) is 18.3 Å². The van der Waals surface area contributed by atoms with E-state index in [0.29, 0.717) is 0 Å². The third kappa shape index (κ3) is 26.1. The minimum atomic E-state index is 0. The Kier molecular flexibility index (Phi) is 24.6. The lowest BCUT2D eigenvalue weighted by Gasteiger charge is -2.05. The van der Waals surface area contributed by atoms with Gasteiger partial charge in [-0.3, -0.25) is 0 Å². The highest BCUT2D eigenvalue weighted by Gasteiger charge is 1.95. The first-order chi connectivity index (χ1) is 7.56. The summed E-state index contributed by atoms with van der Waals surface area (Å²) in [5.41, 5.74) is 0. The van der Waals surface area contributed by atoms with Crippen LogP contribution in [0.15, 0.2) is 0 Å². The van der Waals surface area contributed by atoms with Gasteiger partial charge in [-0.1, -0.05) is 73.1 Å². The van der Waals surface area contributed by atoms with Gasteiger partial charge in [0.05, 0.1) is 0 Å². The molecular weight excluding hydrogens is 230 g/mol. The Bertz CT molecular complexity index is 99.5. The maximum atomic E-state index is 5.54. The Morgan fingerprint density at radius 3 is 1.35 bits per heavy atom. The Morgan fingerprint density at radius 1 is 0.706 bits per heavy atom. The average molecular weight is 266 g/mol. The summed E-state index contributed by atoms with van der Waals surface area (Å²) < 4.78 is 0. The van der Waals surface area contributed by atoms with Crippen LogP contribution < -0.4 is 6.15 Å². The minimum absolute atomic E-state index is 0. The fourth-order valence-electron chi connectivity index (χ4n) is 1.05. The summed E-state index contributed by atoms with van der Waals surface area (Å²) in [6.45, 7) is 11.2. The lowest BCUT2D eigenvalue weighted by atomic mass is 10.0. The molecule has 0 aromatic heterocycles. The normalized spacial score (nSPS) is 9.88. The van der Waals surface area contributed by atoms with Crippen LogP contribution in [0.4, 0.5) is 0 Å². The molecule has 3 N–H and O–H groups in total. The van der Waals surface area contributed by atoms with Crippen molar-refractivity contribution < 1.29 is 0 Å². The van der Waals surface area contributed by atoms with Crippen LogP contribution in [0.1, 0.15) is 79.6 Å².